The molecule has 0 heterocycles. The van der Waals surface area contributed by atoms with Crippen LogP contribution in [0.5, 0.6) is 0 Å². The predicted molar refractivity (Wildman–Crippen MR) is 81.5 cm³/mol. The first-order valence-electron chi connectivity index (χ1n) is 7.07. The van der Waals surface area contributed by atoms with E-state index in [1.54, 1.807) is 6.92 Å². The van der Waals surface area contributed by atoms with E-state index in [0.29, 0.717) is 0 Å². The Balaban J connectivity index is 2.55. The second-order valence-corrected chi connectivity index (χ2v) is 5.96. The van der Waals surface area contributed by atoms with Crippen LogP contribution >= 0.6 is 0 Å². The summed E-state index contributed by atoms with van der Waals surface area (Å²) in [4.78, 5) is 23.0. The number of carboxylic acid groups (broad SMARTS) is 1. The molecule has 6 nitrogen and oxygen atoms in total. The van der Waals surface area contributed by atoms with Crippen LogP contribution in [0.25, 0.3) is 0 Å². The first-order chi connectivity index (χ1) is 10.2. The van der Waals surface area contributed by atoms with Crippen molar-refractivity contribution in [3.63, 3.8) is 0 Å². The maximum atomic E-state index is 11.7. The van der Waals surface area contributed by atoms with Crippen LogP contribution in [0.2, 0.25) is 0 Å². The molecule has 0 saturated carbocycles. The number of nitrogens with one attached hydrogen (secondary N) is 1. The van der Waals surface area contributed by atoms with E-state index in [0.717, 1.165) is 5.56 Å². The van der Waals surface area contributed by atoms with Crippen LogP contribution in [0.15, 0.2) is 30.3 Å². The third-order valence-electron chi connectivity index (χ3n) is 2.76. The SMILES string of the molecule is CC(OC(C)(C)C)C(NC(=O)OCc1ccccc1)C(=O)O. The van der Waals surface area contributed by atoms with Gasteiger partial charge in [-0.3, -0.25) is 0 Å². The van der Waals surface area contributed by atoms with Gasteiger partial charge < -0.3 is 19.9 Å². The molecule has 1 aromatic carbocycles. The summed E-state index contributed by atoms with van der Waals surface area (Å²) >= 11 is 0. The van der Waals surface area contributed by atoms with Gasteiger partial charge in [-0.2, -0.15) is 0 Å². The molecule has 0 fully saturated rings. The summed E-state index contributed by atoms with van der Waals surface area (Å²) in [5.74, 6) is -1.17. The van der Waals surface area contributed by atoms with E-state index >= 15 is 0 Å². The normalized spacial score (nSPS) is 14.0. The summed E-state index contributed by atoms with van der Waals surface area (Å²) in [6, 6.07) is 7.96. The van der Waals surface area contributed by atoms with Crippen molar-refractivity contribution in [2.75, 3.05) is 0 Å². The minimum absolute atomic E-state index is 0.0769. The van der Waals surface area contributed by atoms with Gasteiger partial charge in [-0.05, 0) is 33.3 Å². The average Bonchev–Trinajstić information content (AvgIpc) is 2.41. The van der Waals surface area contributed by atoms with Gasteiger partial charge in [-0.15, -0.1) is 0 Å². The molecule has 0 saturated heterocycles. The first kappa shape index (κ1) is 18.0. The van der Waals surface area contributed by atoms with Gasteiger partial charge in [0.15, 0.2) is 6.04 Å². The van der Waals surface area contributed by atoms with Crippen molar-refractivity contribution < 1.29 is 24.2 Å². The maximum Gasteiger partial charge on any atom is 0.408 e. The van der Waals surface area contributed by atoms with E-state index in [2.05, 4.69) is 5.32 Å². The fraction of sp³-hybridized carbons (Fsp3) is 0.500. The van der Waals surface area contributed by atoms with Gasteiger partial charge >= 0.3 is 12.1 Å². The monoisotopic (exact) mass is 309 g/mol. The fourth-order valence-electron chi connectivity index (χ4n) is 1.90. The lowest BCUT2D eigenvalue weighted by atomic mass is 10.1. The van der Waals surface area contributed by atoms with Gasteiger partial charge in [0.25, 0.3) is 0 Å². The highest BCUT2D eigenvalue weighted by Crippen LogP contribution is 2.13. The summed E-state index contributed by atoms with van der Waals surface area (Å²) in [7, 11) is 0. The molecule has 0 aliphatic heterocycles. The Bertz CT molecular complexity index is 495. The number of benzene rings is 1. The summed E-state index contributed by atoms with van der Waals surface area (Å²) in [6.07, 6.45) is -1.48. The molecule has 0 spiro atoms. The Morgan fingerprint density at radius 1 is 1.23 bits per heavy atom. The number of hydrogen-bond acceptors (Lipinski definition) is 4. The molecular weight excluding hydrogens is 286 g/mol. The molecule has 1 rings (SSSR count). The van der Waals surface area contributed by atoms with Gasteiger partial charge in [0, 0.05) is 0 Å². The molecule has 0 aliphatic carbocycles. The van der Waals surface area contributed by atoms with Crippen LogP contribution in [0.1, 0.15) is 33.3 Å². The van der Waals surface area contributed by atoms with Crippen LogP contribution in [0.3, 0.4) is 0 Å². The summed E-state index contributed by atoms with van der Waals surface area (Å²) < 4.78 is 10.6. The summed E-state index contributed by atoms with van der Waals surface area (Å²) in [5, 5.41) is 11.5. The molecular formula is C16H23NO5. The number of ether oxygens (including phenoxy) is 2. The number of aliphatic carboxylic acids is 1. The van der Waals surface area contributed by atoms with E-state index in [1.165, 1.54) is 0 Å². The molecule has 0 bridgehead atoms. The quantitative estimate of drug-likeness (QED) is 0.843. The largest absolute Gasteiger partial charge is 0.480 e. The van der Waals surface area contributed by atoms with Crippen molar-refractivity contribution in [2.45, 2.75) is 52.0 Å². The lowest BCUT2D eigenvalue weighted by Crippen LogP contribution is -2.50. The predicted octanol–water partition coefficient (Wildman–Crippen LogP) is 2.57. The van der Waals surface area contributed by atoms with Crippen molar-refractivity contribution in [2.24, 2.45) is 0 Å². The third-order valence-corrected chi connectivity index (χ3v) is 2.76. The zero-order valence-electron chi connectivity index (χ0n) is 13.3. The fourth-order valence-corrected chi connectivity index (χ4v) is 1.90. The van der Waals surface area contributed by atoms with Crippen molar-refractivity contribution in [3.8, 4) is 0 Å². The van der Waals surface area contributed by atoms with Crippen LogP contribution in [0.4, 0.5) is 4.79 Å². The van der Waals surface area contributed by atoms with Crippen LogP contribution < -0.4 is 5.32 Å². The second-order valence-electron chi connectivity index (χ2n) is 5.96. The minimum atomic E-state index is -1.18. The Kier molecular flexibility index (Phi) is 6.37. The zero-order chi connectivity index (χ0) is 16.8. The Morgan fingerprint density at radius 3 is 2.32 bits per heavy atom. The van der Waals surface area contributed by atoms with E-state index in [1.807, 2.05) is 51.1 Å². The molecule has 22 heavy (non-hydrogen) atoms. The van der Waals surface area contributed by atoms with Gasteiger partial charge in [0.2, 0.25) is 0 Å². The Hall–Kier alpha value is -2.08. The second kappa shape index (κ2) is 7.79. The lowest BCUT2D eigenvalue weighted by molar-refractivity contribution is -0.147. The summed E-state index contributed by atoms with van der Waals surface area (Å²) in [5.41, 5.74) is 0.312. The first-order valence-corrected chi connectivity index (χ1v) is 7.07. The van der Waals surface area contributed by atoms with Gasteiger partial charge in [0.1, 0.15) is 6.61 Å². The zero-order valence-corrected chi connectivity index (χ0v) is 13.3. The molecule has 0 radical (unpaired) electrons. The van der Waals surface area contributed by atoms with E-state index in [4.69, 9.17) is 9.47 Å². The van der Waals surface area contributed by atoms with Crippen molar-refractivity contribution >= 4 is 12.1 Å². The summed E-state index contributed by atoms with van der Waals surface area (Å²) in [6.45, 7) is 7.12. The minimum Gasteiger partial charge on any atom is -0.480 e. The number of carbonyl (C=O) groups excluding carboxylic acids is 1. The van der Waals surface area contributed by atoms with Crippen molar-refractivity contribution in [3.05, 3.63) is 35.9 Å². The number of carbonyl (C=O) groups is 2. The number of carboxylic acids is 1. The van der Waals surface area contributed by atoms with Gasteiger partial charge in [-0.25, -0.2) is 9.59 Å². The van der Waals surface area contributed by atoms with E-state index in [-0.39, 0.29) is 6.61 Å². The van der Waals surface area contributed by atoms with Crippen LogP contribution in [-0.2, 0) is 20.9 Å². The topological polar surface area (TPSA) is 84.9 Å². The Labute approximate surface area is 130 Å². The van der Waals surface area contributed by atoms with Crippen LogP contribution in [0, 0.1) is 0 Å². The molecule has 6 heteroatoms. The molecule has 122 valence electrons. The molecule has 1 aromatic rings. The molecule has 2 unspecified atom stereocenters. The standard InChI is InChI=1S/C16H23NO5/c1-11(22-16(2,3)4)13(14(18)19)17-15(20)21-10-12-8-6-5-7-9-12/h5-9,11,13H,10H2,1-4H3,(H,17,20)(H,18,19). The van der Waals surface area contributed by atoms with E-state index in [9.17, 15) is 14.7 Å². The van der Waals surface area contributed by atoms with Crippen molar-refractivity contribution in [1.29, 1.82) is 0 Å². The highest BCUT2D eigenvalue weighted by atomic mass is 16.6. The van der Waals surface area contributed by atoms with Gasteiger partial charge in [0.05, 0.1) is 11.7 Å². The van der Waals surface area contributed by atoms with Crippen molar-refractivity contribution in [1.82, 2.24) is 5.32 Å². The number of amides is 1. The average molecular weight is 309 g/mol. The molecule has 0 aromatic heterocycles. The maximum absolute atomic E-state index is 11.7. The molecule has 2 N–H and O–H groups in total. The van der Waals surface area contributed by atoms with Gasteiger partial charge in [-0.1, -0.05) is 30.3 Å². The third kappa shape index (κ3) is 6.58. The lowest BCUT2D eigenvalue weighted by Gasteiger charge is -2.29. The molecule has 2 atom stereocenters. The molecule has 0 aliphatic rings. The number of rotatable bonds is 6. The van der Waals surface area contributed by atoms with Crippen LogP contribution in [-0.4, -0.2) is 34.9 Å². The highest BCUT2D eigenvalue weighted by molar-refractivity contribution is 5.80. The number of hydrogen-bond donors (Lipinski definition) is 2. The molecule has 1 amide bonds. The Morgan fingerprint density at radius 2 is 1.82 bits per heavy atom. The van der Waals surface area contributed by atoms with E-state index < -0.39 is 29.8 Å². The highest BCUT2D eigenvalue weighted by Gasteiger charge is 2.30. The number of alkyl carbamates (subject to hydrolysis) is 1. The smallest absolute Gasteiger partial charge is 0.408 e.